The van der Waals surface area contributed by atoms with E-state index in [1.807, 2.05) is 31.2 Å². The zero-order valence-corrected chi connectivity index (χ0v) is 16.0. The highest BCUT2D eigenvalue weighted by Gasteiger charge is 2.54. The van der Waals surface area contributed by atoms with Crippen LogP contribution in [0.4, 0.5) is 0 Å². The standard InChI is InChI=1S/C24H18O5/c1-3-19(26)15-5-4-6-18-22(15)23(27)29-24(18)16-9-7-13(2)11-20(16)28-21-12-14(25)8-10-17(21)24/h4-12,25H,3H2,1-2H3. The Morgan fingerprint density at radius 2 is 1.72 bits per heavy atom. The van der Waals surface area contributed by atoms with Gasteiger partial charge in [-0.2, -0.15) is 0 Å². The molecule has 0 saturated carbocycles. The Balaban J connectivity index is 1.89. The van der Waals surface area contributed by atoms with Crippen LogP contribution in [0.15, 0.2) is 54.6 Å². The molecule has 5 rings (SSSR count). The number of aryl methyl sites for hydroxylation is 1. The molecule has 0 fully saturated rings. The van der Waals surface area contributed by atoms with E-state index in [-0.39, 0.29) is 11.5 Å². The second kappa shape index (κ2) is 5.95. The van der Waals surface area contributed by atoms with Gasteiger partial charge in [0, 0.05) is 34.7 Å². The van der Waals surface area contributed by atoms with Gasteiger partial charge in [-0.15, -0.1) is 0 Å². The maximum Gasteiger partial charge on any atom is 0.340 e. The number of ketones is 1. The molecule has 1 N–H and O–H groups in total. The van der Waals surface area contributed by atoms with E-state index in [9.17, 15) is 14.7 Å². The number of phenols is 1. The van der Waals surface area contributed by atoms with Gasteiger partial charge < -0.3 is 14.6 Å². The number of rotatable bonds is 2. The zero-order chi connectivity index (χ0) is 20.3. The predicted octanol–water partition coefficient (Wildman–Crippen LogP) is 4.86. The lowest BCUT2D eigenvalue weighted by Gasteiger charge is -2.36. The summed E-state index contributed by atoms with van der Waals surface area (Å²) in [4.78, 5) is 25.6. The first-order valence-electron chi connectivity index (χ1n) is 9.48. The SMILES string of the molecule is CCC(=O)c1cccc2c1C(=O)OC21c2ccc(C)cc2Oc2cc(O)ccc21. The molecule has 0 amide bonds. The Hall–Kier alpha value is -3.60. The zero-order valence-electron chi connectivity index (χ0n) is 16.0. The average Bonchev–Trinajstić information content (AvgIpc) is 3.00. The molecule has 1 unspecified atom stereocenters. The van der Waals surface area contributed by atoms with Crippen LogP contribution in [0.2, 0.25) is 0 Å². The molecule has 144 valence electrons. The molecule has 0 bridgehead atoms. The van der Waals surface area contributed by atoms with Crippen molar-refractivity contribution in [2.75, 3.05) is 0 Å². The molecular formula is C24H18O5. The summed E-state index contributed by atoms with van der Waals surface area (Å²) in [7, 11) is 0. The molecule has 3 aromatic rings. The van der Waals surface area contributed by atoms with Gasteiger partial charge in [-0.1, -0.05) is 37.3 Å². The lowest BCUT2D eigenvalue weighted by molar-refractivity contribution is 0.0223. The summed E-state index contributed by atoms with van der Waals surface area (Å²) in [5, 5.41) is 9.99. The fourth-order valence-electron chi connectivity index (χ4n) is 4.29. The Bertz CT molecular complexity index is 1160. The van der Waals surface area contributed by atoms with Crippen LogP contribution in [0, 0.1) is 6.92 Å². The summed E-state index contributed by atoms with van der Waals surface area (Å²) >= 11 is 0. The Morgan fingerprint density at radius 1 is 1.00 bits per heavy atom. The largest absolute Gasteiger partial charge is 0.508 e. The number of hydrogen-bond donors (Lipinski definition) is 1. The number of fused-ring (bicyclic) bond motifs is 6. The van der Waals surface area contributed by atoms with Gasteiger partial charge >= 0.3 is 5.97 Å². The van der Waals surface area contributed by atoms with Gasteiger partial charge in [0.2, 0.25) is 0 Å². The maximum absolute atomic E-state index is 13.1. The van der Waals surface area contributed by atoms with E-state index in [4.69, 9.17) is 9.47 Å². The number of phenolic OH excluding ortho intramolecular Hbond substituents is 1. The first-order valence-corrected chi connectivity index (χ1v) is 9.48. The van der Waals surface area contributed by atoms with Crippen molar-refractivity contribution in [1.29, 1.82) is 0 Å². The van der Waals surface area contributed by atoms with Gasteiger partial charge in [0.25, 0.3) is 0 Å². The van der Waals surface area contributed by atoms with Gasteiger partial charge in [-0.05, 0) is 30.7 Å². The topological polar surface area (TPSA) is 72.8 Å². The minimum atomic E-state index is -1.24. The van der Waals surface area contributed by atoms with E-state index in [2.05, 4.69) is 0 Å². The van der Waals surface area contributed by atoms with Crippen molar-refractivity contribution in [3.63, 3.8) is 0 Å². The highest BCUT2D eigenvalue weighted by Crippen LogP contribution is 2.57. The van der Waals surface area contributed by atoms with Gasteiger partial charge in [0.05, 0.1) is 5.56 Å². The predicted molar refractivity (Wildman–Crippen MR) is 106 cm³/mol. The second-order valence-corrected chi connectivity index (χ2v) is 7.36. The lowest BCUT2D eigenvalue weighted by Crippen LogP contribution is -2.33. The molecule has 2 heterocycles. The summed E-state index contributed by atoms with van der Waals surface area (Å²) in [6.07, 6.45) is 0.292. The van der Waals surface area contributed by atoms with Crippen LogP contribution in [0.5, 0.6) is 17.2 Å². The molecule has 1 spiro atoms. The third-order valence-corrected chi connectivity index (χ3v) is 5.60. The van der Waals surface area contributed by atoms with Crippen LogP contribution in [0.25, 0.3) is 0 Å². The summed E-state index contributed by atoms with van der Waals surface area (Å²) < 4.78 is 12.1. The highest BCUT2D eigenvalue weighted by atomic mass is 16.6. The van der Waals surface area contributed by atoms with Crippen molar-refractivity contribution in [3.8, 4) is 17.2 Å². The molecule has 2 aliphatic rings. The van der Waals surface area contributed by atoms with Crippen LogP contribution >= 0.6 is 0 Å². The molecule has 1 atom stereocenters. The fourth-order valence-corrected chi connectivity index (χ4v) is 4.29. The molecule has 5 nitrogen and oxygen atoms in total. The van der Waals surface area contributed by atoms with E-state index in [1.165, 1.54) is 12.1 Å². The minimum Gasteiger partial charge on any atom is -0.508 e. The fraction of sp³-hybridized carbons (Fsp3) is 0.167. The van der Waals surface area contributed by atoms with Gasteiger partial charge in [-0.3, -0.25) is 4.79 Å². The quantitative estimate of drug-likeness (QED) is 0.503. The Kier molecular flexibility index (Phi) is 3.59. The molecule has 3 aromatic carbocycles. The minimum absolute atomic E-state index is 0.0504. The molecular weight excluding hydrogens is 368 g/mol. The lowest BCUT2D eigenvalue weighted by atomic mass is 9.76. The van der Waals surface area contributed by atoms with Crippen molar-refractivity contribution >= 4 is 11.8 Å². The number of ether oxygens (including phenoxy) is 2. The summed E-state index contributed by atoms with van der Waals surface area (Å²) in [6.45, 7) is 3.71. The molecule has 0 radical (unpaired) electrons. The van der Waals surface area contributed by atoms with Crippen molar-refractivity contribution < 1.29 is 24.2 Å². The van der Waals surface area contributed by atoms with Crippen LogP contribution in [0.1, 0.15) is 56.3 Å². The number of hydrogen-bond acceptors (Lipinski definition) is 5. The van der Waals surface area contributed by atoms with Gasteiger partial charge in [0.1, 0.15) is 17.2 Å². The average molecular weight is 386 g/mol. The van der Waals surface area contributed by atoms with Crippen molar-refractivity contribution in [1.82, 2.24) is 0 Å². The summed E-state index contributed by atoms with van der Waals surface area (Å²) in [5.74, 6) is 0.365. The van der Waals surface area contributed by atoms with Gasteiger partial charge in [0.15, 0.2) is 11.4 Å². The number of carbonyl (C=O) groups is 2. The number of esters is 1. The Morgan fingerprint density at radius 3 is 2.48 bits per heavy atom. The van der Waals surface area contributed by atoms with Crippen LogP contribution in [0.3, 0.4) is 0 Å². The van der Waals surface area contributed by atoms with Crippen LogP contribution in [-0.4, -0.2) is 16.9 Å². The Labute approximate surface area is 167 Å². The smallest absolute Gasteiger partial charge is 0.340 e. The first-order chi connectivity index (χ1) is 14.0. The maximum atomic E-state index is 13.1. The number of benzene rings is 3. The van der Waals surface area contributed by atoms with Crippen LogP contribution < -0.4 is 4.74 Å². The molecule has 5 heteroatoms. The molecule has 2 aliphatic heterocycles. The first kappa shape index (κ1) is 17.5. The summed E-state index contributed by atoms with van der Waals surface area (Å²) in [5.41, 5.74) is 2.33. The van der Waals surface area contributed by atoms with Crippen molar-refractivity contribution in [2.24, 2.45) is 0 Å². The van der Waals surface area contributed by atoms with Crippen molar-refractivity contribution in [2.45, 2.75) is 25.9 Å². The number of aromatic hydroxyl groups is 1. The highest BCUT2D eigenvalue weighted by molar-refractivity contribution is 6.09. The van der Waals surface area contributed by atoms with Crippen molar-refractivity contribution in [3.05, 3.63) is 88.0 Å². The molecule has 29 heavy (non-hydrogen) atoms. The summed E-state index contributed by atoms with van der Waals surface area (Å²) in [6, 6.07) is 15.7. The van der Waals surface area contributed by atoms with E-state index in [0.29, 0.717) is 45.7 Å². The second-order valence-electron chi connectivity index (χ2n) is 7.36. The van der Waals surface area contributed by atoms with E-state index >= 15 is 0 Å². The molecule has 0 aliphatic carbocycles. The monoisotopic (exact) mass is 386 g/mol. The van der Waals surface area contributed by atoms with Crippen LogP contribution in [-0.2, 0) is 10.3 Å². The molecule has 0 aromatic heterocycles. The third-order valence-electron chi connectivity index (χ3n) is 5.60. The van der Waals surface area contributed by atoms with E-state index in [0.717, 1.165) is 5.56 Å². The third kappa shape index (κ3) is 2.27. The van der Waals surface area contributed by atoms with Gasteiger partial charge in [-0.25, -0.2) is 4.79 Å². The van der Waals surface area contributed by atoms with E-state index in [1.54, 1.807) is 25.1 Å². The van der Waals surface area contributed by atoms with E-state index < -0.39 is 11.6 Å². The number of carbonyl (C=O) groups excluding carboxylic acids is 2. The number of Topliss-reactive ketones (excluding diaryl/α,β-unsaturated/α-hetero) is 1. The molecule has 0 saturated heterocycles. The normalized spacial score (nSPS) is 18.5.